The molecule has 17 heteroatoms. The van der Waals surface area contributed by atoms with Gasteiger partial charge in [-0.2, -0.15) is 26.3 Å². The van der Waals surface area contributed by atoms with Gasteiger partial charge in [-0.1, -0.05) is 24.3 Å². The number of halogens is 6. The highest BCUT2D eigenvalue weighted by Crippen LogP contribution is 2.32. The molecule has 1 unspecified atom stereocenters. The van der Waals surface area contributed by atoms with E-state index in [2.05, 4.69) is 15.3 Å². The van der Waals surface area contributed by atoms with E-state index in [1.807, 2.05) is 57.2 Å². The summed E-state index contributed by atoms with van der Waals surface area (Å²) in [5.41, 5.74) is 2.53. The Morgan fingerprint density at radius 2 is 1.27 bits per heavy atom. The fourth-order valence-electron chi connectivity index (χ4n) is 3.64. The first-order valence-corrected chi connectivity index (χ1v) is 13.4. The van der Waals surface area contributed by atoms with Crippen LogP contribution >= 0.6 is 0 Å². The first-order valence-electron chi connectivity index (χ1n) is 13.4. The monoisotopic (exact) mass is 682 g/mol. The third kappa shape index (κ3) is 11.9. The lowest BCUT2D eigenvalue weighted by atomic mass is 10.0. The summed E-state index contributed by atoms with van der Waals surface area (Å²) < 4.78 is 68.9. The molecule has 1 aromatic carbocycles. The van der Waals surface area contributed by atoms with Crippen molar-refractivity contribution in [2.75, 3.05) is 4.90 Å². The summed E-state index contributed by atoms with van der Waals surface area (Å²) in [6.07, 6.45) is -2.02. The third-order valence-corrected chi connectivity index (χ3v) is 5.58. The molecule has 3 N–H and O–H groups in total. The van der Waals surface area contributed by atoms with Gasteiger partial charge in [0.15, 0.2) is 5.76 Å². The van der Waals surface area contributed by atoms with Gasteiger partial charge in [0.05, 0.1) is 6.26 Å². The Bertz CT molecular complexity index is 1620. The zero-order chi connectivity index (χ0) is 36.3. The number of carbonyl (C=O) groups is 4. The van der Waals surface area contributed by atoms with Crippen molar-refractivity contribution in [2.45, 2.75) is 44.7 Å². The standard InChI is InChI=1S/C27H26N4O3.2C2HF3O2/c1-27(2,3)30-25(32)24(21-8-5-15-29-18-21)31(26(33)23-9-6-16-34-23)22-12-10-19(11-13-22)20-7-4-14-28-17-20;2*3-2(4,5)1(6)7/h4-18,24H,1-3H3,(H,30,32);2*(H,6,7). The predicted molar refractivity (Wildman–Crippen MR) is 157 cm³/mol. The normalized spacial score (nSPS) is 11.9. The van der Waals surface area contributed by atoms with E-state index in [4.69, 9.17) is 24.2 Å². The van der Waals surface area contributed by atoms with Gasteiger partial charge in [-0.15, -0.1) is 0 Å². The molecule has 3 aromatic heterocycles. The van der Waals surface area contributed by atoms with Crippen LogP contribution in [0.2, 0.25) is 0 Å². The second-order valence-corrected chi connectivity index (χ2v) is 10.5. The van der Waals surface area contributed by atoms with Crippen LogP contribution in [-0.4, -0.2) is 61.8 Å². The van der Waals surface area contributed by atoms with Gasteiger partial charge in [-0.25, -0.2) is 9.59 Å². The summed E-state index contributed by atoms with van der Waals surface area (Å²) in [7, 11) is 0. The lowest BCUT2D eigenvalue weighted by molar-refractivity contribution is -0.193. The van der Waals surface area contributed by atoms with Crippen molar-refractivity contribution < 1.29 is 60.2 Å². The molecule has 0 saturated heterocycles. The van der Waals surface area contributed by atoms with Crippen molar-refractivity contribution in [2.24, 2.45) is 0 Å². The van der Waals surface area contributed by atoms with Crippen molar-refractivity contribution in [3.05, 3.63) is 103 Å². The van der Waals surface area contributed by atoms with E-state index >= 15 is 0 Å². The molecule has 0 aliphatic rings. The quantitative estimate of drug-likeness (QED) is 0.198. The van der Waals surface area contributed by atoms with Crippen LogP contribution in [0.25, 0.3) is 11.1 Å². The number of furan rings is 1. The van der Waals surface area contributed by atoms with E-state index in [1.54, 1.807) is 49.1 Å². The topological polar surface area (TPSA) is 163 Å². The second-order valence-electron chi connectivity index (χ2n) is 10.5. The highest BCUT2D eigenvalue weighted by molar-refractivity contribution is 6.08. The largest absolute Gasteiger partial charge is 0.490 e. The second kappa shape index (κ2) is 16.2. The van der Waals surface area contributed by atoms with E-state index in [1.165, 1.54) is 11.2 Å². The van der Waals surface area contributed by atoms with Crippen LogP contribution in [0.1, 0.15) is 42.9 Å². The molecule has 11 nitrogen and oxygen atoms in total. The maximum atomic E-state index is 13.7. The van der Waals surface area contributed by atoms with Gasteiger partial charge < -0.3 is 19.9 Å². The van der Waals surface area contributed by atoms with E-state index in [0.29, 0.717) is 11.3 Å². The molecule has 0 radical (unpaired) electrons. The Kier molecular flexibility index (Phi) is 13.0. The lowest BCUT2D eigenvalue weighted by Gasteiger charge is -2.33. The average molecular weight is 683 g/mol. The van der Waals surface area contributed by atoms with Crippen molar-refractivity contribution in [3.63, 3.8) is 0 Å². The number of carboxylic acid groups (broad SMARTS) is 2. The first-order chi connectivity index (χ1) is 22.2. The number of carbonyl (C=O) groups excluding carboxylic acids is 2. The van der Waals surface area contributed by atoms with Crippen LogP contribution in [0.5, 0.6) is 0 Å². The van der Waals surface area contributed by atoms with Crippen LogP contribution < -0.4 is 10.2 Å². The van der Waals surface area contributed by atoms with Gasteiger partial charge in [-0.3, -0.25) is 24.5 Å². The molecule has 2 amide bonds. The maximum Gasteiger partial charge on any atom is 0.490 e. The van der Waals surface area contributed by atoms with E-state index in [-0.39, 0.29) is 11.7 Å². The van der Waals surface area contributed by atoms with Crippen molar-refractivity contribution >= 4 is 29.4 Å². The Labute approximate surface area is 268 Å². The highest BCUT2D eigenvalue weighted by Gasteiger charge is 2.39. The van der Waals surface area contributed by atoms with E-state index < -0.39 is 41.8 Å². The molecule has 1 atom stereocenters. The molecule has 4 aromatic rings. The van der Waals surface area contributed by atoms with Crippen molar-refractivity contribution in [1.82, 2.24) is 15.3 Å². The molecule has 0 bridgehead atoms. The zero-order valence-electron chi connectivity index (χ0n) is 25.3. The number of carboxylic acids is 2. The van der Waals surface area contributed by atoms with Gasteiger partial charge >= 0.3 is 24.3 Å². The number of aliphatic carboxylic acids is 2. The van der Waals surface area contributed by atoms with Crippen LogP contribution in [0.3, 0.4) is 0 Å². The lowest BCUT2D eigenvalue weighted by Crippen LogP contribution is -2.49. The summed E-state index contributed by atoms with van der Waals surface area (Å²) in [5.74, 6) is -6.14. The number of pyridine rings is 2. The predicted octanol–water partition coefficient (Wildman–Crippen LogP) is 6.31. The van der Waals surface area contributed by atoms with Gasteiger partial charge in [0.1, 0.15) is 6.04 Å². The van der Waals surface area contributed by atoms with Gasteiger partial charge in [0.2, 0.25) is 5.91 Å². The molecule has 0 fully saturated rings. The summed E-state index contributed by atoms with van der Waals surface area (Å²) in [6, 6.07) is 17.1. The SMILES string of the molecule is CC(C)(C)NC(=O)C(c1cccnc1)N(C(=O)c1ccco1)c1ccc(-c2cccnc2)cc1.O=C(O)C(F)(F)F.O=C(O)C(F)(F)F. The number of amides is 2. The molecular weight excluding hydrogens is 654 g/mol. The Morgan fingerprint density at radius 1 is 0.750 bits per heavy atom. The molecule has 4 rings (SSSR count). The fourth-order valence-corrected chi connectivity index (χ4v) is 3.64. The summed E-state index contributed by atoms with van der Waals surface area (Å²) >= 11 is 0. The minimum atomic E-state index is -5.08. The Balaban J connectivity index is 0.000000479. The van der Waals surface area contributed by atoms with Crippen molar-refractivity contribution in [3.8, 4) is 11.1 Å². The van der Waals surface area contributed by atoms with Crippen molar-refractivity contribution in [1.29, 1.82) is 0 Å². The summed E-state index contributed by atoms with van der Waals surface area (Å²) in [5, 5.41) is 17.3. The number of rotatable bonds is 6. The highest BCUT2D eigenvalue weighted by atomic mass is 19.4. The number of anilines is 1. The molecule has 0 aliphatic heterocycles. The molecule has 48 heavy (non-hydrogen) atoms. The minimum absolute atomic E-state index is 0.133. The zero-order valence-corrected chi connectivity index (χ0v) is 25.3. The number of benzene rings is 1. The summed E-state index contributed by atoms with van der Waals surface area (Å²) in [4.78, 5) is 54.8. The van der Waals surface area contributed by atoms with E-state index in [0.717, 1.165) is 11.1 Å². The number of aromatic nitrogens is 2. The van der Waals surface area contributed by atoms with Crippen LogP contribution in [-0.2, 0) is 14.4 Å². The van der Waals surface area contributed by atoms with Crippen LogP contribution in [0.15, 0.2) is 96.1 Å². The molecule has 3 heterocycles. The van der Waals surface area contributed by atoms with Crippen LogP contribution in [0, 0.1) is 0 Å². The maximum absolute atomic E-state index is 13.7. The molecular formula is C31H28F6N4O7. The van der Waals surface area contributed by atoms with Gasteiger partial charge in [0.25, 0.3) is 5.91 Å². The van der Waals surface area contributed by atoms with Gasteiger partial charge in [0, 0.05) is 41.6 Å². The van der Waals surface area contributed by atoms with Crippen LogP contribution in [0.4, 0.5) is 32.0 Å². The molecule has 256 valence electrons. The smallest absolute Gasteiger partial charge is 0.475 e. The minimum Gasteiger partial charge on any atom is -0.475 e. The van der Waals surface area contributed by atoms with E-state index in [9.17, 15) is 35.9 Å². The Hall–Kier alpha value is -5.74. The first kappa shape index (κ1) is 38.4. The Morgan fingerprint density at radius 3 is 1.67 bits per heavy atom. The summed E-state index contributed by atoms with van der Waals surface area (Å²) in [6.45, 7) is 5.69. The molecule has 0 saturated carbocycles. The number of nitrogens with one attached hydrogen (secondary N) is 1. The fraction of sp³-hybridized carbons (Fsp3) is 0.226. The van der Waals surface area contributed by atoms with Gasteiger partial charge in [-0.05, 0) is 68.3 Å². The molecule has 0 aliphatic carbocycles. The average Bonchev–Trinajstić information content (AvgIpc) is 3.55. The number of hydrogen-bond donors (Lipinski definition) is 3. The third-order valence-electron chi connectivity index (χ3n) is 5.58. The number of alkyl halides is 6. The molecule has 0 spiro atoms. The number of nitrogens with zero attached hydrogens (tertiary/aromatic N) is 3. The number of hydrogen-bond acceptors (Lipinski definition) is 7.